The van der Waals surface area contributed by atoms with Gasteiger partial charge in [-0.2, -0.15) is 13.5 Å². The van der Waals surface area contributed by atoms with Crippen LogP contribution in [0.2, 0.25) is 5.02 Å². The highest BCUT2D eigenvalue weighted by atomic mass is 35.5. The summed E-state index contributed by atoms with van der Waals surface area (Å²) in [6.07, 6.45) is 1.40. The quantitative estimate of drug-likeness (QED) is 0.608. The molecule has 0 atom stereocenters. The number of rotatable bonds is 6. The van der Waals surface area contributed by atoms with Crippen molar-refractivity contribution in [3.05, 3.63) is 57.6 Å². The molecule has 2 aromatic carbocycles. The fraction of sp³-hybridized carbons (Fsp3) is 0.278. The largest absolute Gasteiger partial charge is 0.492 e. The zero-order valence-electron chi connectivity index (χ0n) is 14.6. The maximum absolute atomic E-state index is 12.5. The minimum Gasteiger partial charge on any atom is -0.492 e. The first-order valence-corrected chi connectivity index (χ1v) is 9.65. The molecule has 0 aromatic heterocycles. The van der Waals surface area contributed by atoms with Crippen LogP contribution in [-0.2, 0) is 10.0 Å². The number of hydrogen-bond acceptors (Lipinski definition) is 4. The molecule has 0 unspecified atom stereocenters. The summed E-state index contributed by atoms with van der Waals surface area (Å²) in [7, 11) is -3.74. The van der Waals surface area contributed by atoms with Crippen LogP contribution < -0.4 is 9.57 Å². The average Bonchev–Trinajstić information content (AvgIpc) is 2.48. The molecule has 7 heteroatoms. The number of aryl methyl sites for hydroxylation is 3. The van der Waals surface area contributed by atoms with Crippen molar-refractivity contribution in [2.75, 3.05) is 6.61 Å². The van der Waals surface area contributed by atoms with Gasteiger partial charge in [0, 0.05) is 0 Å². The summed E-state index contributed by atoms with van der Waals surface area (Å²) >= 11 is 6.10. The highest BCUT2D eigenvalue weighted by Crippen LogP contribution is 2.25. The molecule has 2 rings (SSSR count). The summed E-state index contributed by atoms with van der Waals surface area (Å²) in [5.41, 5.74) is 3.05. The molecule has 0 aliphatic carbocycles. The number of halogens is 1. The molecule has 2 aromatic rings. The minimum absolute atomic E-state index is 0.250. The third-order valence-electron chi connectivity index (χ3n) is 3.52. The molecule has 25 heavy (non-hydrogen) atoms. The molecule has 0 aliphatic heterocycles. The smallest absolute Gasteiger partial charge is 0.277 e. The predicted molar refractivity (Wildman–Crippen MR) is 101 cm³/mol. The molecule has 0 spiro atoms. The van der Waals surface area contributed by atoms with Crippen LogP contribution in [0.5, 0.6) is 5.75 Å². The molecule has 0 radical (unpaired) electrons. The summed E-state index contributed by atoms with van der Waals surface area (Å²) < 4.78 is 30.4. The first-order chi connectivity index (χ1) is 11.7. The van der Waals surface area contributed by atoms with Gasteiger partial charge in [0.25, 0.3) is 10.0 Å². The number of nitrogens with one attached hydrogen (secondary N) is 1. The Morgan fingerprint density at radius 1 is 1.16 bits per heavy atom. The Bertz CT molecular complexity index is 886. The average molecular weight is 381 g/mol. The number of hydrogen-bond donors (Lipinski definition) is 1. The van der Waals surface area contributed by atoms with E-state index >= 15 is 0 Å². The topological polar surface area (TPSA) is 67.8 Å². The normalized spacial score (nSPS) is 11.7. The van der Waals surface area contributed by atoms with Gasteiger partial charge in [-0.3, -0.25) is 0 Å². The SMILES string of the molecule is CCOc1ccc(/C=N/NS(=O)(=O)c2c(C)cc(C)cc2C)cc1Cl. The maximum atomic E-state index is 12.5. The van der Waals surface area contributed by atoms with E-state index in [1.807, 2.05) is 26.0 Å². The van der Waals surface area contributed by atoms with Crippen molar-refractivity contribution in [3.63, 3.8) is 0 Å². The van der Waals surface area contributed by atoms with Gasteiger partial charge in [0.15, 0.2) is 0 Å². The van der Waals surface area contributed by atoms with E-state index in [9.17, 15) is 8.42 Å². The van der Waals surface area contributed by atoms with Gasteiger partial charge in [0.05, 0.1) is 22.7 Å². The summed E-state index contributed by atoms with van der Waals surface area (Å²) in [6, 6.07) is 8.79. The lowest BCUT2D eigenvalue weighted by Crippen LogP contribution is -2.20. The lowest BCUT2D eigenvalue weighted by molar-refractivity contribution is 0.340. The molecule has 5 nitrogen and oxygen atoms in total. The Morgan fingerprint density at radius 3 is 2.36 bits per heavy atom. The zero-order valence-corrected chi connectivity index (χ0v) is 16.2. The van der Waals surface area contributed by atoms with E-state index in [0.717, 1.165) is 5.56 Å². The van der Waals surface area contributed by atoms with Gasteiger partial charge >= 0.3 is 0 Å². The van der Waals surface area contributed by atoms with Crippen molar-refractivity contribution < 1.29 is 13.2 Å². The van der Waals surface area contributed by atoms with Crippen LogP contribution in [0.1, 0.15) is 29.2 Å². The first kappa shape index (κ1) is 19.3. The number of nitrogens with zero attached hydrogens (tertiary/aromatic N) is 1. The second-order valence-corrected chi connectivity index (χ2v) is 7.71. The van der Waals surface area contributed by atoms with Crippen molar-refractivity contribution in [1.29, 1.82) is 0 Å². The molecule has 0 saturated carbocycles. The van der Waals surface area contributed by atoms with E-state index in [1.54, 1.807) is 32.0 Å². The lowest BCUT2D eigenvalue weighted by atomic mass is 10.1. The molecular formula is C18H21ClN2O3S. The lowest BCUT2D eigenvalue weighted by Gasteiger charge is -2.11. The van der Waals surface area contributed by atoms with Gasteiger partial charge in [-0.25, -0.2) is 4.83 Å². The van der Waals surface area contributed by atoms with Gasteiger partial charge in [-0.1, -0.05) is 29.3 Å². The predicted octanol–water partition coefficient (Wildman–Crippen LogP) is 3.98. The van der Waals surface area contributed by atoms with E-state index < -0.39 is 10.0 Å². The molecule has 134 valence electrons. The Balaban J connectivity index is 2.20. The van der Waals surface area contributed by atoms with Gasteiger partial charge in [0.1, 0.15) is 5.75 Å². The van der Waals surface area contributed by atoms with E-state index in [4.69, 9.17) is 16.3 Å². The van der Waals surface area contributed by atoms with Gasteiger partial charge < -0.3 is 4.74 Å². The van der Waals surface area contributed by atoms with Crippen molar-refractivity contribution in [1.82, 2.24) is 4.83 Å². The van der Waals surface area contributed by atoms with Gasteiger partial charge in [-0.15, -0.1) is 0 Å². The van der Waals surface area contributed by atoms with Crippen molar-refractivity contribution >= 4 is 27.8 Å². The first-order valence-electron chi connectivity index (χ1n) is 7.79. The number of ether oxygens (including phenoxy) is 1. The van der Waals surface area contributed by atoms with Crippen molar-refractivity contribution in [2.45, 2.75) is 32.6 Å². The van der Waals surface area contributed by atoms with Crippen LogP contribution in [0.4, 0.5) is 0 Å². The molecule has 0 fully saturated rings. The Morgan fingerprint density at radius 2 is 1.80 bits per heavy atom. The monoisotopic (exact) mass is 380 g/mol. The summed E-state index contributed by atoms with van der Waals surface area (Å²) in [6.45, 7) is 7.85. The van der Waals surface area contributed by atoms with Crippen LogP contribution in [0, 0.1) is 20.8 Å². The highest BCUT2D eigenvalue weighted by molar-refractivity contribution is 7.89. The summed E-state index contributed by atoms with van der Waals surface area (Å²) in [5, 5.41) is 4.29. The fourth-order valence-electron chi connectivity index (χ4n) is 2.68. The van der Waals surface area contributed by atoms with Gasteiger partial charge in [-0.05, 0) is 62.6 Å². The van der Waals surface area contributed by atoms with E-state index in [0.29, 0.717) is 34.1 Å². The number of hydrazone groups is 1. The molecule has 0 bridgehead atoms. The van der Waals surface area contributed by atoms with E-state index in [2.05, 4.69) is 9.93 Å². The molecule has 1 N–H and O–H groups in total. The van der Waals surface area contributed by atoms with Crippen LogP contribution in [0.3, 0.4) is 0 Å². The molecule has 0 heterocycles. The fourth-order valence-corrected chi connectivity index (χ4v) is 4.17. The maximum Gasteiger partial charge on any atom is 0.277 e. The number of sulfonamides is 1. The van der Waals surface area contributed by atoms with E-state index in [1.165, 1.54) is 6.21 Å². The summed E-state index contributed by atoms with van der Waals surface area (Å²) in [5.74, 6) is 0.577. The van der Waals surface area contributed by atoms with E-state index in [-0.39, 0.29) is 4.90 Å². The Hall–Kier alpha value is -2.05. The second kappa shape index (κ2) is 7.89. The van der Waals surface area contributed by atoms with Crippen LogP contribution in [0.15, 0.2) is 40.3 Å². The van der Waals surface area contributed by atoms with Crippen molar-refractivity contribution in [3.8, 4) is 5.75 Å². The zero-order chi connectivity index (χ0) is 18.6. The van der Waals surface area contributed by atoms with Crippen LogP contribution >= 0.6 is 11.6 Å². The highest BCUT2D eigenvalue weighted by Gasteiger charge is 2.19. The standard InChI is InChI=1S/C18H21ClN2O3S/c1-5-24-17-7-6-15(10-16(17)19)11-20-21-25(22,23)18-13(3)8-12(2)9-14(18)4/h6-11,21H,5H2,1-4H3/b20-11+. The van der Waals surface area contributed by atoms with Gasteiger partial charge in [0.2, 0.25) is 0 Å². The molecule has 0 saturated heterocycles. The third-order valence-corrected chi connectivity index (χ3v) is 5.34. The molecule has 0 amide bonds. The molecular weight excluding hydrogens is 360 g/mol. The van der Waals surface area contributed by atoms with Crippen LogP contribution in [0.25, 0.3) is 0 Å². The molecule has 0 aliphatic rings. The van der Waals surface area contributed by atoms with Crippen molar-refractivity contribution in [2.24, 2.45) is 5.10 Å². The second-order valence-electron chi connectivity index (χ2n) is 5.70. The Labute approximate surface area is 153 Å². The summed E-state index contributed by atoms with van der Waals surface area (Å²) in [4.78, 5) is 2.50. The number of benzene rings is 2. The third kappa shape index (κ3) is 4.74. The Kier molecular flexibility index (Phi) is 6.08. The van der Waals surface area contributed by atoms with Crippen LogP contribution in [-0.4, -0.2) is 21.2 Å². The minimum atomic E-state index is -3.74.